The number of aromatic hydroxyl groups is 1. The Morgan fingerprint density at radius 3 is 2.53 bits per heavy atom. The maximum atomic E-state index is 13.6. The third kappa shape index (κ3) is 2.01. The first-order valence-electron chi connectivity index (χ1n) is 4.86. The minimum Gasteiger partial charge on any atom is -0.505 e. The highest BCUT2D eigenvalue weighted by atomic mass is 19.1. The fourth-order valence-electron chi connectivity index (χ4n) is 1.53. The quantitative estimate of drug-likeness (QED) is 0.810. The highest BCUT2D eigenvalue weighted by Gasteiger charge is 2.11. The normalized spacial score (nSPS) is 10.2. The molecule has 0 aliphatic rings. The van der Waals surface area contributed by atoms with Crippen LogP contribution >= 0.6 is 0 Å². The van der Waals surface area contributed by atoms with Gasteiger partial charge in [0.25, 0.3) is 0 Å². The second-order valence-corrected chi connectivity index (χ2v) is 3.49. The average Bonchev–Trinajstić information content (AvgIpc) is 2.32. The van der Waals surface area contributed by atoms with Gasteiger partial charge in [0.15, 0.2) is 17.9 Å². The number of phenolic OH excluding ortho intramolecular Hbond substituents is 1. The van der Waals surface area contributed by atoms with Crippen molar-refractivity contribution in [2.75, 3.05) is 0 Å². The van der Waals surface area contributed by atoms with E-state index in [4.69, 9.17) is 0 Å². The van der Waals surface area contributed by atoms with Crippen LogP contribution in [0.4, 0.5) is 8.78 Å². The first kappa shape index (κ1) is 11.3. The lowest BCUT2D eigenvalue weighted by atomic mass is 10.0. The number of benzene rings is 2. The van der Waals surface area contributed by atoms with Crippen molar-refractivity contribution in [3.63, 3.8) is 0 Å². The van der Waals surface area contributed by atoms with Gasteiger partial charge in [-0.2, -0.15) is 0 Å². The highest BCUT2D eigenvalue weighted by molar-refractivity contribution is 5.77. The number of hydrogen-bond acceptors (Lipinski definition) is 2. The molecule has 0 spiro atoms. The number of rotatable bonds is 2. The molecule has 2 aromatic rings. The van der Waals surface area contributed by atoms with Crippen molar-refractivity contribution in [2.24, 2.45) is 0 Å². The molecule has 2 rings (SSSR count). The van der Waals surface area contributed by atoms with Crippen LogP contribution in [0.2, 0.25) is 0 Å². The third-order valence-electron chi connectivity index (χ3n) is 2.42. The zero-order valence-electron chi connectivity index (χ0n) is 8.65. The molecule has 4 heteroatoms. The van der Waals surface area contributed by atoms with Gasteiger partial charge in [0.1, 0.15) is 5.82 Å². The Bertz CT molecular complexity index is 580. The third-order valence-corrected chi connectivity index (χ3v) is 2.42. The van der Waals surface area contributed by atoms with Crippen molar-refractivity contribution in [2.45, 2.75) is 0 Å². The van der Waals surface area contributed by atoms with E-state index in [2.05, 4.69) is 0 Å². The van der Waals surface area contributed by atoms with Crippen molar-refractivity contribution in [1.29, 1.82) is 0 Å². The molecule has 17 heavy (non-hydrogen) atoms. The van der Waals surface area contributed by atoms with Crippen molar-refractivity contribution >= 4 is 6.29 Å². The van der Waals surface area contributed by atoms with E-state index in [9.17, 15) is 18.7 Å². The molecule has 0 aliphatic heterocycles. The van der Waals surface area contributed by atoms with Crippen LogP contribution in [0.25, 0.3) is 11.1 Å². The molecule has 0 aliphatic carbocycles. The van der Waals surface area contributed by atoms with Crippen LogP contribution in [0.15, 0.2) is 36.4 Å². The summed E-state index contributed by atoms with van der Waals surface area (Å²) in [5, 5.41) is 9.21. The number of aldehydes is 1. The highest BCUT2D eigenvalue weighted by Crippen LogP contribution is 2.28. The number of phenols is 1. The first-order valence-corrected chi connectivity index (χ1v) is 4.86. The minimum atomic E-state index is -0.814. The van der Waals surface area contributed by atoms with Crippen molar-refractivity contribution in [3.05, 3.63) is 53.6 Å². The molecule has 0 saturated carbocycles. The van der Waals surface area contributed by atoms with E-state index in [1.165, 1.54) is 30.3 Å². The number of halogens is 2. The Morgan fingerprint density at radius 1 is 1.12 bits per heavy atom. The maximum absolute atomic E-state index is 13.6. The molecular weight excluding hydrogens is 226 g/mol. The minimum absolute atomic E-state index is 0.0846. The molecule has 0 unspecified atom stereocenters. The molecule has 0 radical (unpaired) electrons. The summed E-state index contributed by atoms with van der Waals surface area (Å²) >= 11 is 0. The Balaban J connectivity index is 2.57. The Kier molecular flexibility index (Phi) is 2.87. The SMILES string of the molecule is O=Cc1ccc(-c2cccc(O)c2F)cc1F. The van der Waals surface area contributed by atoms with Gasteiger partial charge in [-0.15, -0.1) is 0 Å². The fourth-order valence-corrected chi connectivity index (χ4v) is 1.53. The van der Waals surface area contributed by atoms with Crippen LogP contribution in [0.5, 0.6) is 5.75 Å². The van der Waals surface area contributed by atoms with Crippen molar-refractivity contribution in [1.82, 2.24) is 0 Å². The van der Waals surface area contributed by atoms with Gasteiger partial charge in [-0.3, -0.25) is 4.79 Å². The van der Waals surface area contributed by atoms with Crippen LogP contribution in [0, 0.1) is 11.6 Å². The molecule has 2 aromatic carbocycles. The largest absolute Gasteiger partial charge is 0.505 e. The van der Waals surface area contributed by atoms with Gasteiger partial charge in [0.05, 0.1) is 5.56 Å². The van der Waals surface area contributed by atoms with Gasteiger partial charge in [-0.05, 0) is 23.8 Å². The van der Waals surface area contributed by atoms with Crippen LogP contribution in [0.1, 0.15) is 10.4 Å². The van der Waals surface area contributed by atoms with E-state index < -0.39 is 17.4 Å². The van der Waals surface area contributed by atoms with Crippen molar-refractivity contribution < 1.29 is 18.7 Å². The van der Waals surface area contributed by atoms with Gasteiger partial charge in [-0.1, -0.05) is 18.2 Å². The van der Waals surface area contributed by atoms with E-state index in [0.717, 1.165) is 6.07 Å². The average molecular weight is 234 g/mol. The monoisotopic (exact) mass is 234 g/mol. The van der Waals surface area contributed by atoms with Gasteiger partial charge in [-0.25, -0.2) is 8.78 Å². The molecule has 0 aromatic heterocycles. The Labute approximate surface area is 96.1 Å². The van der Waals surface area contributed by atoms with Crippen LogP contribution < -0.4 is 0 Å². The lowest BCUT2D eigenvalue weighted by Crippen LogP contribution is -1.90. The zero-order chi connectivity index (χ0) is 12.4. The number of carbonyl (C=O) groups is 1. The molecule has 0 bridgehead atoms. The second kappa shape index (κ2) is 4.33. The zero-order valence-corrected chi connectivity index (χ0v) is 8.65. The molecule has 1 N–H and O–H groups in total. The summed E-state index contributed by atoms with van der Waals surface area (Å²) in [5.41, 5.74) is 0.261. The summed E-state index contributed by atoms with van der Waals surface area (Å²) in [5.74, 6) is -2.03. The smallest absolute Gasteiger partial charge is 0.172 e. The molecule has 0 heterocycles. The maximum Gasteiger partial charge on any atom is 0.172 e. The summed E-state index contributed by atoms with van der Waals surface area (Å²) in [6.45, 7) is 0. The van der Waals surface area contributed by atoms with Gasteiger partial charge >= 0.3 is 0 Å². The predicted octanol–water partition coefficient (Wildman–Crippen LogP) is 3.15. The Morgan fingerprint density at radius 2 is 1.88 bits per heavy atom. The van der Waals surface area contributed by atoms with E-state index in [1.54, 1.807) is 0 Å². The molecule has 0 atom stereocenters. The Hall–Kier alpha value is -2.23. The molecule has 2 nitrogen and oxygen atoms in total. The summed E-state index contributed by atoms with van der Waals surface area (Å²) in [6, 6.07) is 7.83. The van der Waals surface area contributed by atoms with Gasteiger partial charge in [0, 0.05) is 5.56 Å². The van der Waals surface area contributed by atoms with Gasteiger partial charge < -0.3 is 5.11 Å². The number of carbonyl (C=O) groups excluding carboxylic acids is 1. The first-order chi connectivity index (χ1) is 8.13. The van der Waals surface area contributed by atoms with E-state index in [-0.39, 0.29) is 16.7 Å². The molecule has 0 fully saturated rings. The van der Waals surface area contributed by atoms with E-state index in [1.807, 2.05) is 0 Å². The van der Waals surface area contributed by atoms with E-state index >= 15 is 0 Å². The van der Waals surface area contributed by atoms with Crippen LogP contribution in [-0.4, -0.2) is 11.4 Å². The molecular formula is C13H8F2O2. The van der Waals surface area contributed by atoms with Crippen LogP contribution in [-0.2, 0) is 0 Å². The fraction of sp³-hybridized carbons (Fsp3) is 0. The van der Waals surface area contributed by atoms with Crippen LogP contribution in [0.3, 0.4) is 0 Å². The predicted molar refractivity (Wildman–Crippen MR) is 58.8 cm³/mol. The number of hydrogen-bond donors (Lipinski definition) is 1. The van der Waals surface area contributed by atoms with Gasteiger partial charge in [0.2, 0.25) is 0 Å². The summed E-state index contributed by atoms with van der Waals surface area (Å²) in [4.78, 5) is 10.4. The molecule has 0 saturated heterocycles. The second-order valence-electron chi connectivity index (χ2n) is 3.49. The molecule has 0 amide bonds. The molecule has 86 valence electrons. The summed E-state index contributed by atoms with van der Waals surface area (Å²) in [6.07, 6.45) is 0.387. The summed E-state index contributed by atoms with van der Waals surface area (Å²) < 4.78 is 26.9. The summed E-state index contributed by atoms with van der Waals surface area (Å²) in [7, 11) is 0. The lowest BCUT2D eigenvalue weighted by Gasteiger charge is -2.05. The van der Waals surface area contributed by atoms with Crippen molar-refractivity contribution in [3.8, 4) is 16.9 Å². The topological polar surface area (TPSA) is 37.3 Å². The van der Waals surface area contributed by atoms with E-state index in [0.29, 0.717) is 6.29 Å². The standard InChI is InChI=1S/C13H8F2O2/c14-11-6-8(4-5-9(11)7-16)10-2-1-3-12(17)13(10)15/h1-7,17H. The lowest BCUT2D eigenvalue weighted by molar-refractivity contribution is 0.112.